The van der Waals surface area contributed by atoms with Crippen LogP contribution in [0.25, 0.3) is 0 Å². The van der Waals surface area contributed by atoms with Crippen molar-refractivity contribution in [2.24, 2.45) is 0 Å². The summed E-state index contributed by atoms with van der Waals surface area (Å²) in [5, 5.41) is 13.5. The van der Waals surface area contributed by atoms with E-state index in [-0.39, 0.29) is 0 Å². The fourth-order valence-electron chi connectivity index (χ4n) is 2.69. The Bertz CT molecular complexity index is 788. The number of nitrogens with one attached hydrogen (secondary N) is 2. The number of urea groups is 1. The number of ether oxygens (including phenoxy) is 1. The average Bonchev–Trinajstić information content (AvgIpc) is 3.33. The SMILES string of the molecule is CCNC(=O)NC(=O)C(C)Sc1nnc(N2CCOCC2)n1Cc1ccco1. The Labute approximate surface area is 167 Å². The summed E-state index contributed by atoms with van der Waals surface area (Å²) in [4.78, 5) is 26.0. The predicted octanol–water partition coefficient (Wildman–Crippen LogP) is 1.08. The van der Waals surface area contributed by atoms with Crippen molar-refractivity contribution in [1.29, 1.82) is 0 Å². The van der Waals surface area contributed by atoms with E-state index in [0.717, 1.165) is 5.76 Å². The first-order valence-corrected chi connectivity index (χ1v) is 10.00. The number of nitrogens with zero attached hydrogens (tertiary/aromatic N) is 4. The summed E-state index contributed by atoms with van der Waals surface area (Å²) in [5.74, 6) is 1.07. The molecule has 0 saturated carbocycles. The summed E-state index contributed by atoms with van der Waals surface area (Å²) in [6.45, 7) is 7.08. The van der Waals surface area contributed by atoms with E-state index in [1.807, 2.05) is 16.7 Å². The van der Waals surface area contributed by atoms with Crippen LogP contribution in [0, 0.1) is 0 Å². The highest BCUT2D eigenvalue weighted by Gasteiger charge is 2.25. The predicted molar refractivity (Wildman–Crippen MR) is 103 cm³/mol. The van der Waals surface area contributed by atoms with Gasteiger partial charge in [0.1, 0.15) is 5.76 Å². The van der Waals surface area contributed by atoms with Gasteiger partial charge in [0.25, 0.3) is 0 Å². The lowest BCUT2D eigenvalue weighted by atomic mass is 10.4. The second-order valence-electron chi connectivity index (χ2n) is 6.16. The van der Waals surface area contributed by atoms with Gasteiger partial charge in [0.05, 0.1) is 31.3 Å². The molecule has 0 radical (unpaired) electrons. The van der Waals surface area contributed by atoms with Crippen LogP contribution in [-0.2, 0) is 16.1 Å². The first-order valence-electron chi connectivity index (χ1n) is 9.12. The van der Waals surface area contributed by atoms with Crippen molar-refractivity contribution in [1.82, 2.24) is 25.4 Å². The van der Waals surface area contributed by atoms with Gasteiger partial charge in [-0.15, -0.1) is 10.2 Å². The van der Waals surface area contributed by atoms with Gasteiger partial charge in [0.2, 0.25) is 11.9 Å². The Morgan fingerprint density at radius 1 is 1.32 bits per heavy atom. The number of amides is 3. The van der Waals surface area contributed by atoms with Crippen LogP contribution < -0.4 is 15.5 Å². The van der Waals surface area contributed by atoms with Crippen LogP contribution in [0.15, 0.2) is 28.0 Å². The summed E-state index contributed by atoms with van der Waals surface area (Å²) in [6.07, 6.45) is 1.61. The summed E-state index contributed by atoms with van der Waals surface area (Å²) in [6, 6.07) is 3.19. The number of anilines is 1. The Hall–Kier alpha value is -2.53. The van der Waals surface area contributed by atoms with Crippen molar-refractivity contribution < 1.29 is 18.7 Å². The Morgan fingerprint density at radius 3 is 2.79 bits per heavy atom. The van der Waals surface area contributed by atoms with Gasteiger partial charge in [-0.1, -0.05) is 11.8 Å². The average molecular weight is 408 g/mol. The van der Waals surface area contributed by atoms with Gasteiger partial charge in [0.15, 0.2) is 5.16 Å². The zero-order chi connectivity index (χ0) is 19.9. The number of morpholine rings is 1. The van der Waals surface area contributed by atoms with Gasteiger partial charge >= 0.3 is 6.03 Å². The van der Waals surface area contributed by atoms with Crippen LogP contribution in [0.1, 0.15) is 19.6 Å². The molecule has 0 aliphatic carbocycles. The molecular formula is C17H24N6O4S. The third-order valence-corrected chi connectivity index (χ3v) is 5.19. The smallest absolute Gasteiger partial charge is 0.321 e. The lowest BCUT2D eigenvalue weighted by molar-refractivity contribution is -0.119. The molecule has 1 aliphatic heterocycles. The van der Waals surface area contributed by atoms with E-state index in [1.54, 1.807) is 20.1 Å². The third-order valence-electron chi connectivity index (χ3n) is 4.11. The number of imide groups is 1. The molecular weight excluding hydrogens is 384 g/mol. The zero-order valence-corrected chi connectivity index (χ0v) is 16.7. The quantitative estimate of drug-likeness (QED) is 0.654. The number of aromatic nitrogens is 3. The number of carbonyl (C=O) groups is 2. The minimum absolute atomic E-state index is 0.392. The van der Waals surface area contributed by atoms with E-state index < -0.39 is 17.2 Å². The topological polar surface area (TPSA) is 115 Å². The lowest BCUT2D eigenvalue weighted by Gasteiger charge is -2.27. The van der Waals surface area contributed by atoms with E-state index in [9.17, 15) is 9.59 Å². The maximum atomic E-state index is 12.3. The fourth-order valence-corrected chi connectivity index (χ4v) is 3.54. The summed E-state index contributed by atoms with van der Waals surface area (Å²) in [5.41, 5.74) is 0. The molecule has 2 N–H and O–H groups in total. The molecule has 152 valence electrons. The molecule has 1 aliphatic rings. The molecule has 3 heterocycles. The number of hydrogen-bond donors (Lipinski definition) is 2. The molecule has 1 atom stereocenters. The van der Waals surface area contributed by atoms with Crippen LogP contribution >= 0.6 is 11.8 Å². The second kappa shape index (κ2) is 9.60. The summed E-state index contributed by atoms with van der Waals surface area (Å²) >= 11 is 1.24. The van der Waals surface area contributed by atoms with E-state index >= 15 is 0 Å². The highest BCUT2D eigenvalue weighted by molar-refractivity contribution is 8.00. The van der Waals surface area contributed by atoms with Crippen LogP contribution in [-0.4, -0.2) is 64.8 Å². The first kappa shape index (κ1) is 20.2. The maximum absolute atomic E-state index is 12.3. The number of carbonyl (C=O) groups excluding carboxylic acids is 2. The standard InChI is InChI=1S/C17H24N6O4S/c1-3-18-15(25)19-14(24)12(2)28-17-21-20-16(22-6-9-26-10-7-22)23(17)11-13-5-4-8-27-13/h4-5,8,12H,3,6-7,9-11H2,1-2H3,(H2,18,19,24,25). The Kier molecular flexibility index (Phi) is 6.93. The maximum Gasteiger partial charge on any atom is 0.321 e. The van der Waals surface area contributed by atoms with Crippen LogP contribution in [0.3, 0.4) is 0 Å². The molecule has 0 spiro atoms. The van der Waals surface area contributed by atoms with E-state index in [1.165, 1.54) is 11.8 Å². The van der Waals surface area contributed by atoms with Crippen molar-refractivity contribution >= 4 is 29.6 Å². The van der Waals surface area contributed by atoms with Crippen molar-refractivity contribution in [2.75, 3.05) is 37.7 Å². The molecule has 1 fully saturated rings. The fraction of sp³-hybridized carbons (Fsp3) is 0.529. The molecule has 2 aromatic heterocycles. The number of hydrogen-bond acceptors (Lipinski definition) is 8. The zero-order valence-electron chi connectivity index (χ0n) is 15.9. The van der Waals surface area contributed by atoms with E-state index in [4.69, 9.17) is 9.15 Å². The van der Waals surface area contributed by atoms with Gasteiger partial charge in [-0.25, -0.2) is 4.79 Å². The highest BCUT2D eigenvalue weighted by Crippen LogP contribution is 2.27. The molecule has 3 amide bonds. The Balaban J connectivity index is 1.76. The normalized spacial score (nSPS) is 15.3. The molecule has 28 heavy (non-hydrogen) atoms. The third kappa shape index (κ3) is 5.04. The van der Waals surface area contributed by atoms with Crippen LogP contribution in [0.5, 0.6) is 0 Å². The molecule has 1 unspecified atom stereocenters. The minimum atomic E-state index is -0.528. The van der Waals surface area contributed by atoms with Crippen molar-refractivity contribution in [3.8, 4) is 0 Å². The van der Waals surface area contributed by atoms with Crippen molar-refractivity contribution in [3.63, 3.8) is 0 Å². The largest absolute Gasteiger partial charge is 0.467 e. The molecule has 10 nitrogen and oxygen atoms in total. The van der Waals surface area contributed by atoms with Gasteiger partial charge in [-0.05, 0) is 26.0 Å². The van der Waals surface area contributed by atoms with Gasteiger partial charge in [-0.2, -0.15) is 0 Å². The van der Waals surface area contributed by atoms with Crippen molar-refractivity contribution in [2.45, 2.75) is 30.8 Å². The Morgan fingerprint density at radius 2 is 2.11 bits per heavy atom. The molecule has 0 aromatic carbocycles. The van der Waals surface area contributed by atoms with Crippen LogP contribution in [0.2, 0.25) is 0 Å². The summed E-state index contributed by atoms with van der Waals surface area (Å²) < 4.78 is 12.8. The monoisotopic (exact) mass is 408 g/mol. The summed E-state index contributed by atoms with van der Waals surface area (Å²) in [7, 11) is 0. The van der Waals surface area contributed by atoms with Gasteiger partial charge in [-0.3, -0.25) is 14.7 Å². The first-order chi connectivity index (χ1) is 13.6. The van der Waals surface area contributed by atoms with Crippen LogP contribution in [0.4, 0.5) is 10.7 Å². The number of thioether (sulfide) groups is 1. The van der Waals surface area contributed by atoms with Gasteiger partial charge in [0, 0.05) is 19.6 Å². The van der Waals surface area contributed by atoms with Crippen molar-refractivity contribution in [3.05, 3.63) is 24.2 Å². The number of rotatable bonds is 7. The molecule has 0 bridgehead atoms. The molecule has 3 rings (SSSR count). The molecule has 11 heteroatoms. The molecule has 2 aromatic rings. The number of furan rings is 1. The minimum Gasteiger partial charge on any atom is -0.467 e. The second-order valence-corrected chi connectivity index (χ2v) is 7.46. The van der Waals surface area contributed by atoms with E-state index in [2.05, 4.69) is 25.7 Å². The van der Waals surface area contributed by atoms with Gasteiger partial charge < -0.3 is 19.4 Å². The lowest BCUT2D eigenvalue weighted by Crippen LogP contribution is -2.42. The van der Waals surface area contributed by atoms with E-state index in [0.29, 0.717) is 50.5 Å². The highest BCUT2D eigenvalue weighted by atomic mass is 32.2. The molecule has 1 saturated heterocycles.